The Hall–Kier alpha value is -4.03. The summed E-state index contributed by atoms with van der Waals surface area (Å²) in [5.74, 6) is 0.264. The van der Waals surface area contributed by atoms with Crippen LogP contribution in [-0.4, -0.2) is 22.2 Å². The van der Waals surface area contributed by atoms with Crippen LogP contribution in [0.15, 0.2) is 85.2 Å². The average Bonchev–Trinajstić information content (AvgIpc) is 3.12. The number of rotatable bonds is 5. The van der Waals surface area contributed by atoms with Gasteiger partial charge < -0.3 is 9.47 Å². The normalized spacial score (nSPS) is 15.9. The first-order valence-electron chi connectivity index (χ1n) is 9.88. The van der Waals surface area contributed by atoms with E-state index in [1.54, 1.807) is 24.5 Å². The zero-order chi connectivity index (χ0) is 21.2. The van der Waals surface area contributed by atoms with Crippen molar-refractivity contribution >= 4 is 28.0 Å². The molecule has 4 aromatic rings. The van der Waals surface area contributed by atoms with Crippen molar-refractivity contribution in [3.8, 4) is 5.75 Å². The summed E-state index contributed by atoms with van der Waals surface area (Å²) in [6.45, 7) is 0.357. The Morgan fingerprint density at radius 1 is 0.903 bits per heavy atom. The summed E-state index contributed by atoms with van der Waals surface area (Å²) in [5.41, 5.74) is 10.5. The van der Waals surface area contributed by atoms with E-state index in [2.05, 4.69) is 9.97 Å². The SMILES string of the molecule is NC1OC(=O)C(c2ccncc2)=C1c1ccc(OCc2ccc3ccccc3n2)cc1. The van der Waals surface area contributed by atoms with Crippen LogP contribution in [0.4, 0.5) is 0 Å². The molecule has 1 unspecified atom stereocenters. The smallest absolute Gasteiger partial charge is 0.341 e. The van der Waals surface area contributed by atoms with Gasteiger partial charge in [-0.15, -0.1) is 0 Å². The highest BCUT2D eigenvalue weighted by Gasteiger charge is 2.33. The maximum atomic E-state index is 12.4. The van der Waals surface area contributed by atoms with Gasteiger partial charge >= 0.3 is 5.97 Å². The molecule has 1 aliphatic rings. The Kier molecular flexibility index (Phi) is 4.90. The van der Waals surface area contributed by atoms with Crippen molar-refractivity contribution < 1.29 is 14.3 Å². The van der Waals surface area contributed by atoms with E-state index in [0.29, 0.717) is 23.5 Å². The lowest BCUT2D eigenvalue weighted by molar-refractivity contribution is -0.137. The lowest BCUT2D eigenvalue weighted by atomic mass is 9.96. The van der Waals surface area contributed by atoms with Gasteiger partial charge in [0.1, 0.15) is 12.4 Å². The average molecular weight is 409 g/mol. The Labute approximate surface area is 179 Å². The van der Waals surface area contributed by atoms with E-state index in [4.69, 9.17) is 15.2 Å². The number of nitrogens with zero attached hydrogens (tertiary/aromatic N) is 2. The number of nitrogens with two attached hydrogens (primary N) is 1. The maximum Gasteiger partial charge on any atom is 0.341 e. The van der Waals surface area contributed by atoms with Gasteiger partial charge in [0.25, 0.3) is 0 Å². The lowest BCUT2D eigenvalue weighted by Gasteiger charge is -2.11. The minimum Gasteiger partial charge on any atom is -0.487 e. The molecule has 152 valence electrons. The number of cyclic esters (lactones) is 1. The topological polar surface area (TPSA) is 87.3 Å². The third-order valence-corrected chi connectivity index (χ3v) is 5.17. The molecule has 0 amide bonds. The van der Waals surface area contributed by atoms with Crippen LogP contribution in [0.2, 0.25) is 0 Å². The summed E-state index contributed by atoms with van der Waals surface area (Å²) >= 11 is 0. The van der Waals surface area contributed by atoms with Crippen LogP contribution in [-0.2, 0) is 16.1 Å². The molecular formula is C25H19N3O3. The Balaban J connectivity index is 1.37. The molecular weight excluding hydrogens is 390 g/mol. The van der Waals surface area contributed by atoms with Crippen LogP contribution in [0.3, 0.4) is 0 Å². The van der Waals surface area contributed by atoms with Gasteiger partial charge in [0, 0.05) is 23.4 Å². The molecule has 0 saturated heterocycles. The summed E-state index contributed by atoms with van der Waals surface area (Å²) in [4.78, 5) is 21.0. The molecule has 0 fully saturated rings. The fourth-order valence-corrected chi connectivity index (χ4v) is 3.66. The van der Waals surface area contributed by atoms with Gasteiger partial charge in [0.2, 0.25) is 0 Å². The molecule has 6 nitrogen and oxygen atoms in total. The van der Waals surface area contributed by atoms with E-state index in [1.165, 1.54) is 0 Å². The van der Waals surface area contributed by atoms with E-state index in [9.17, 15) is 4.79 Å². The number of hydrogen-bond acceptors (Lipinski definition) is 6. The van der Waals surface area contributed by atoms with Gasteiger partial charge in [-0.1, -0.05) is 36.4 Å². The first-order valence-corrected chi connectivity index (χ1v) is 9.88. The van der Waals surface area contributed by atoms with E-state index in [1.807, 2.05) is 60.7 Å². The number of pyridine rings is 2. The molecule has 2 aromatic carbocycles. The Morgan fingerprint density at radius 2 is 1.68 bits per heavy atom. The zero-order valence-electron chi connectivity index (χ0n) is 16.6. The van der Waals surface area contributed by atoms with Crippen molar-refractivity contribution in [1.82, 2.24) is 9.97 Å². The van der Waals surface area contributed by atoms with Gasteiger partial charge in [0.15, 0.2) is 6.23 Å². The van der Waals surface area contributed by atoms with Crippen molar-refractivity contribution in [3.05, 3.63) is 102 Å². The highest BCUT2D eigenvalue weighted by atomic mass is 16.6. The van der Waals surface area contributed by atoms with Gasteiger partial charge in [-0.25, -0.2) is 9.78 Å². The van der Waals surface area contributed by atoms with Crippen LogP contribution < -0.4 is 10.5 Å². The standard InChI is InChI=1S/C25H19N3O3/c26-24-22(23(25(29)31-24)18-11-13-27-14-12-18)17-6-9-20(10-7-17)30-15-19-8-5-16-3-1-2-4-21(16)28-19/h1-14,24H,15,26H2. The fraction of sp³-hybridized carbons (Fsp3) is 0.0800. The molecule has 0 saturated carbocycles. The minimum absolute atomic E-state index is 0.357. The van der Waals surface area contributed by atoms with E-state index >= 15 is 0 Å². The number of esters is 1. The maximum absolute atomic E-state index is 12.4. The van der Waals surface area contributed by atoms with Gasteiger partial charge in [-0.2, -0.15) is 0 Å². The van der Waals surface area contributed by atoms with Gasteiger partial charge in [-0.3, -0.25) is 10.7 Å². The Morgan fingerprint density at radius 3 is 2.48 bits per heavy atom. The summed E-state index contributed by atoms with van der Waals surface area (Å²) < 4.78 is 11.2. The molecule has 3 heterocycles. The van der Waals surface area contributed by atoms with Crippen LogP contribution in [0.5, 0.6) is 5.75 Å². The van der Waals surface area contributed by atoms with Crippen LogP contribution >= 0.6 is 0 Å². The van der Waals surface area contributed by atoms with Crippen molar-refractivity contribution in [3.63, 3.8) is 0 Å². The van der Waals surface area contributed by atoms with Crippen LogP contribution in [0.1, 0.15) is 16.8 Å². The number of hydrogen-bond donors (Lipinski definition) is 1. The molecule has 1 atom stereocenters. The van der Waals surface area contributed by atoms with Crippen molar-refractivity contribution in [2.24, 2.45) is 5.73 Å². The van der Waals surface area contributed by atoms with Gasteiger partial charge in [0.05, 0.1) is 16.8 Å². The summed E-state index contributed by atoms with van der Waals surface area (Å²) in [6, 6.07) is 23.0. The predicted octanol–water partition coefficient (Wildman–Crippen LogP) is 3.96. The minimum atomic E-state index is -0.816. The van der Waals surface area contributed by atoms with Crippen LogP contribution in [0.25, 0.3) is 22.0 Å². The molecule has 0 radical (unpaired) electrons. The van der Waals surface area contributed by atoms with Gasteiger partial charge in [-0.05, 0) is 47.5 Å². The zero-order valence-corrected chi connectivity index (χ0v) is 16.6. The van der Waals surface area contributed by atoms with Crippen molar-refractivity contribution in [1.29, 1.82) is 0 Å². The number of benzene rings is 2. The number of carbonyl (C=O) groups is 1. The summed E-state index contributed by atoms with van der Waals surface area (Å²) in [7, 11) is 0. The molecule has 1 aliphatic heterocycles. The molecule has 0 bridgehead atoms. The number of ether oxygens (including phenoxy) is 2. The number of carbonyl (C=O) groups excluding carboxylic acids is 1. The van der Waals surface area contributed by atoms with E-state index in [-0.39, 0.29) is 0 Å². The monoisotopic (exact) mass is 409 g/mol. The molecule has 5 rings (SSSR count). The quantitative estimate of drug-likeness (QED) is 0.502. The largest absolute Gasteiger partial charge is 0.487 e. The number of para-hydroxylation sites is 1. The number of aromatic nitrogens is 2. The molecule has 31 heavy (non-hydrogen) atoms. The predicted molar refractivity (Wildman–Crippen MR) is 118 cm³/mol. The first-order chi connectivity index (χ1) is 15.2. The molecule has 0 aliphatic carbocycles. The van der Waals surface area contributed by atoms with E-state index < -0.39 is 12.2 Å². The second-order valence-corrected chi connectivity index (χ2v) is 7.16. The Bertz CT molecular complexity index is 1280. The highest BCUT2D eigenvalue weighted by Crippen LogP contribution is 2.35. The molecule has 6 heteroatoms. The molecule has 2 aromatic heterocycles. The lowest BCUT2D eigenvalue weighted by Crippen LogP contribution is -2.21. The summed E-state index contributed by atoms with van der Waals surface area (Å²) in [6.07, 6.45) is 2.45. The highest BCUT2D eigenvalue weighted by molar-refractivity contribution is 6.27. The summed E-state index contributed by atoms with van der Waals surface area (Å²) in [5, 5.41) is 1.10. The second kappa shape index (κ2) is 8.01. The molecule has 2 N–H and O–H groups in total. The van der Waals surface area contributed by atoms with Crippen molar-refractivity contribution in [2.75, 3.05) is 0 Å². The van der Waals surface area contributed by atoms with E-state index in [0.717, 1.165) is 27.7 Å². The second-order valence-electron chi connectivity index (χ2n) is 7.16. The third kappa shape index (κ3) is 3.76. The fourth-order valence-electron chi connectivity index (χ4n) is 3.66. The third-order valence-electron chi connectivity index (χ3n) is 5.17. The number of fused-ring (bicyclic) bond motifs is 1. The first kappa shape index (κ1) is 19.0. The molecule has 0 spiro atoms. The van der Waals surface area contributed by atoms with Crippen molar-refractivity contribution in [2.45, 2.75) is 12.8 Å². The van der Waals surface area contributed by atoms with Crippen LogP contribution in [0, 0.1) is 0 Å².